The number of nitrogens with one attached hydrogen (secondary N) is 1. The number of piperidine rings is 1. The number of carbonyl (C=O) groups is 1. The molecule has 5 heteroatoms. The molecule has 1 aliphatic heterocycles. The fourth-order valence-corrected chi connectivity index (χ4v) is 3.72. The summed E-state index contributed by atoms with van der Waals surface area (Å²) in [7, 11) is 3.91. The summed E-state index contributed by atoms with van der Waals surface area (Å²) in [5.74, 6) is 0.116. The van der Waals surface area contributed by atoms with Gasteiger partial charge in [0.25, 0.3) is 0 Å². The Balaban J connectivity index is 1.84. The summed E-state index contributed by atoms with van der Waals surface area (Å²) in [4.78, 5) is 16.5. The zero-order valence-corrected chi connectivity index (χ0v) is 13.6. The molecule has 1 heterocycles. The normalized spacial score (nSPS) is 31.3. The van der Waals surface area contributed by atoms with Crippen molar-refractivity contribution in [3.8, 4) is 0 Å². The van der Waals surface area contributed by atoms with Gasteiger partial charge in [-0.25, -0.2) is 0 Å². The molecule has 0 aromatic carbocycles. The van der Waals surface area contributed by atoms with Crippen LogP contribution in [0.15, 0.2) is 0 Å². The van der Waals surface area contributed by atoms with Crippen LogP contribution >= 0.6 is 0 Å². The van der Waals surface area contributed by atoms with Crippen molar-refractivity contribution in [3.63, 3.8) is 0 Å². The summed E-state index contributed by atoms with van der Waals surface area (Å²) < 4.78 is 0. The number of carbonyl (C=O) groups excluding carboxylic acids is 1. The molecule has 21 heavy (non-hydrogen) atoms. The molecule has 0 radical (unpaired) electrons. The number of likely N-dealkylation sites (tertiary alicyclic amines) is 1. The second-order valence-electron chi connectivity index (χ2n) is 6.70. The molecule has 1 unspecified atom stereocenters. The van der Waals surface area contributed by atoms with Gasteiger partial charge in [-0.1, -0.05) is 6.42 Å². The summed E-state index contributed by atoms with van der Waals surface area (Å²) in [5.41, 5.74) is 0. The van der Waals surface area contributed by atoms with Gasteiger partial charge in [0, 0.05) is 25.7 Å². The molecule has 1 saturated carbocycles. The molecule has 0 aromatic heterocycles. The number of amides is 1. The van der Waals surface area contributed by atoms with E-state index in [1.54, 1.807) is 7.05 Å². The molecule has 1 aliphatic carbocycles. The first-order chi connectivity index (χ1) is 10.1. The minimum atomic E-state index is -0.0888. The average Bonchev–Trinajstić information content (AvgIpc) is 2.49. The number of hydrogen-bond donors (Lipinski definition) is 2. The Hall–Kier alpha value is -0.650. The second kappa shape index (κ2) is 8.11. The molecular weight excluding hydrogens is 266 g/mol. The number of rotatable bonds is 5. The lowest BCUT2D eigenvalue weighted by molar-refractivity contribution is -0.122. The van der Waals surface area contributed by atoms with E-state index in [1.807, 2.05) is 0 Å². The van der Waals surface area contributed by atoms with Crippen LogP contribution in [0.25, 0.3) is 0 Å². The average molecular weight is 297 g/mol. The van der Waals surface area contributed by atoms with Crippen molar-refractivity contribution in [1.82, 2.24) is 15.1 Å². The lowest BCUT2D eigenvalue weighted by Gasteiger charge is -2.40. The van der Waals surface area contributed by atoms with E-state index in [9.17, 15) is 9.90 Å². The highest BCUT2D eigenvalue weighted by atomic mass is 16.3. The third kappa shape index (κ3) is 4.94. The van der Waals surface area contributed by atoms with Crippen LogP contribution in [0.5, 0.6) is 0 Å². The van der Waals surface area contributed by atoms with Gasteiger partial charge in [0.05, 0.1) is 12.6 Å². The minimum absolute atomic E-state index is 0.0888. The Morgan fingerprint density at radius 2 is 1.95 bits per heavy atom. The lowest BCUT2D eigenvalue weighted by atomic mass is 9.91. The first-order valence-corrected chi connectivity index (χ1v) is 8.43. The van der Waals surface area contributed by atoms with Crippen LogP contribution in [0.1, 0.15) is 44.9 Å². The minimum Gasteiger partial charge on any atom is -0.393 e. The Morgan fingerprint density at radius 3 is 2.62 bits per heavy atom. The zero-order valence-electron chi connectivity index (χ0n) is 13.6. The van der Waals surface area contributed by atoms with Gasteiger partial charge in [-0.2, -0.15) is 0 Å². The predicted molar refractivity (Wildman–Crippen MR) is 84.2 cm³/mol. The van der Waals surface area contributed by atoms with Gasteiger partial charge >= 0.3 is 0 Å². The topological polar surface area (TPSA) is 55.8 Å². The SMILES string of the molecule is CNC(=O)CN1CCCCC1CN(C)[C@H]1CC[C@H](O)CC1. The van der Waals surface area contributed by atoms with Crippen LogP contribution in [-0.4, -0.2) is 72.7 Å². The highest BCUT2D eigenvalue weighted by Crippen LogP contribution is 2.24. The molecule has 122 valence electrons. The second-order valence-corrected chi connectivity index (χ2v) is 6.70. The van der Waals surface area contributed by atoms with Crippen molar-refractivity contribution in [2.24, 2.45) is 0 Å². The molecule has 1 atom stereocenters. The highest BCUT2D eigenvalue weighted by Gasteiger charge is 2.28. The van der Waals surface area contributed by atoms with E-state index in [0.717, 1.165) is 38.8 Å². The molecule has 0 spiro atoms. The van der Waals surface area contributed by atoms with E-state index >= 15 is 0 Å². The van der Waals surface area contributed by atoms with E-state index in [4.69, 9.17) is 0 Å². The van der Waals surface area contributed by atoms with Crippen molar-refractivity contribution >= 4 is 5.91 Å². The lowest BCUT2D eigenvalue weighted by Crippen LogP contribution is -2.51. The van der Waals surface area contributed by atoms with Crippen molar-refractivity contribution < 1.29 is 9.90 Å². The van der Waals surface area contributed by atoms with Crippen LogP contribution in [-0.2, 0) is 4.79 Å². The molecule has 5 nitrogen and oxygen atoms in total. The molecule has 2 rings (SSSR count). The van der Waals surface area contributed by atoms with Gasteiger partial charge in [-0.3, -0.25) is 9.69 Å². The third-order valence-corrected chi connectivity index (χ3v) is 5.16. The molecule has 0 bridgehead atoms. The third-order valence-electron chi connectivity index (χ3n) is 5.16. The van der Waals surface area contributed by atoms with Gasteiger partial charge in [0.1, 0.15) is 0 Å². The first-order valence-electron chi connectivity index (χ1n) is 8.43. The largest absolute Gasteiger partial charge is 0.393 e. The van der Waals surface area contributed by atoms with Gasteiger partial charge in [0.15, 0.2) is 0 Å². The summed E-state index contributed by atoms with van der Waals surface area (Å²) in [5, 5.41) is 12.4. The van der Waals surface area contributed by atoms with Gasteiger partial charge < -0.3 is 15.3 Å². The molecule has 2 fully saturated rings. The molecule has 0 aromatic rings. The summed E-state index contributed by atoms with van der Waals surface area (Å²) in [6.45, 7) is 2.60. The van der Waals surface area contributed by atoms with Crippen molar-refractivity contribution in [3.05, 3.63) is 0 Å². The summed E-state index contributed by atoms with van der Waals surface area (Å²) in [6, 6.07) is 1.09. The maximum atomic E-state index is 11.7. The van der Waals surface area contributed by atoms with Gasteiger partial charge in [-0.05, 0) is 52.1 Å². The van der Waals surface area contributed by atoms with Crippen LogP contribution in [0, 0.1) is 0 Å². The molecule has 2 aliphatic rings. The van der Waals surface area contributed by atoms with Crippen LogP contribution < -0.4 is 5.32 Å². The Labute approximate surface area is 128 Å². The van der Waals surface area contributed by atoms with Gasteiger partial charge in [-0.15, -0.1) is 0 Å². The van der Waals surface area contributed by atoms with Crippen LogP contribution in [0.3, 0.4) is 0 Å². The Morgan fingerprint density at radius 1 is 1.24 bits per heavy atom. The molecule has 2 N–H and O–H groups in total. The smallest absolute Gasteiger partial charge is 0.233 e. The van der Waals surface area contributed by atoms with Gasteiger partial charge in [0.2, 0.25) is 5.91 Å². The van der Waals surface area contributed by atoms with Crippen molar-refractivity contribution in [2.75, 3.05) is 33.7 Å². The zero-order chi connectivity index (χ0) is 15.2. The maximum Gasteiger partial charge on any atom is 0.233 e. The van der Waals surface area contributed by atoms with Crippen molar-refractivity contribution in [1.29, 1.82) is 0 Å². The van der Waals surface area contributed by atoms with E-state index in [0.29, 0.717) is 18.6 Å². The highest BCUT2D eigenvalue weighted by molar-refractivity contribution is 5.77. The number of nitrogens with zero attached hydrogens (tertiary/aromatic N) is 2. The Bertz CT molecular complexity index is 329. The number of hydrogen-bond acceptors (Lipinski definition) is 4. The number of likely N-dealkylation sites (N-methyl/N-ethyl adjacent to an activating group) is 2. The molecule has 1 amide bonds. The summed E-state index contributed by atoms with van der Waals surface area (Å²) >= 11 is 0. The van der Waals surface area contributed by atoms with E-state index in [-0.39, 0.29) is 12.0 Å². The van der Waals surface area contributed by atoms with E-state index in [2.05, 4.69) is 22.2 Å². The molecule has 1 saturated heterocycles. The number of aliphatic hydroxyl groups excluding tert-OH is 1. The van der Waals surface area contributed by atoms with E-state index < -0.39 is 0 Å². The quantitative estimate of drug-likeness (QED) is 0.789. The molecular formula is C16H31N3O2. The monoisotopic (exact) mass is 297 g/mol. The standard InChI is InChI=1S/C16H31N3O2/c1-17-16(21)12-19-10-4-3-5-14(19)11-18(2)13-6-8-15(20)9-7-13/h13-15,20H,3-12H2,1-2H3,(H,17,21)/t13-,14?,15-. The number of aliphatic hydroxyl groups is 1. The predicted octanol–water partition coefficient (Wildman–Crippen LogP) is 0.822. The fraction of sp³-hybridized carbons (Fsp3) is 0.938. The maximum absolute atomic E-state index is 11.7. The van der Waals surface area contributed by atoms with E-state index in [1.165, 1.54) is 19.3 Å². The van der Waals surface area contributed by atoms with Crippen LogP contribution in [0.4, 0.5) is 0 Å². The van der Waals surface area contributed by atoms with Crippen LogP contribution in [0.2, 0.25) is 0 Å². The first kappa shape index (κ1) is 16.7. The fourth-order valence-electron chi connectivity index (χ4n) is 3.72. The summed E-state index contributed by atoms with van der Waals surface area (Å²) in [6.07, 6.45) is 7.63. The van der Waals surface area contributed by atoms with Crippen molar-refractivity contribution in [2.45, 2.75) is 63.1 Å². The Kier molecular flexibility index (Phi) is 6.45.